The fourth-order valence-electron chi connectivity index (χ4n) is 1.89. The topological polar surface area (TPSA) is 63.3 Å². The number of pyridine rings is 1. The van der Waals surface area contributed by atoms with E-state index >= 15 is 0 Å². The minimum Gasteiger partial charge on any atom is -0.478 e. The molecular formula is C14H9NO3. The maximum absolute atomic E-state index is 11.1. The second-order valence-corrected chi connectivity index (χ2v) is 3.87. The molecule has 2 aromatic heterocycles. The third-order valence-electron chi connectivity index (χ3n) is 2.74. The first-order chi connectivity index (χ1) is 8.75. The molecule has 0 saturated carbocycles. The van der Waals surface area contributed by atoms with Gasteiger partial charge in [-0.1, -0.05) is 18.2 Å². The molecule has 0 aliphatic heterocycles. The van der Waals surface area contributed by atoms with Crippen LogP contribution in [0.2, 0.25) is 0 Å². The van der Waals surface area contributed by atoms with Gasteiger partial charge in [0, 0.05) is 23.3 Å². The summed E-state index contributed by atoms with van der Waals surface area (Å²) in [6, 6.07) is 11.0. The Morgan fingerprint density at radius 1 is 1.22 bits per heavy atom. The van der Waals surface area contributed by atoms with Gasteiger partial charge in [0.2, 0.25) is 0 Å². The lowest BCUT2D eigenvalue weighted by molar-refractivity contribution is 0.0697. The predicted octanol–water partition coefficient (Wildman–Crippen LogP) is 3.19. The molecule has 2 heterocycles. The van der Waals surface area contributed by atoms with Gasteiger partial charge < -0.3 is 9.52 Å². The molecule has 0 amide bonds. The average Bonchev–Trinajstić information content (AvgIpc) is 2.82. The van der Waals surface area contributed by atoms with Crippen LogP contribution in [-0.4, -0.2) is 16.1 Å². The summed E-state index contributed by atoms with van der Waals surface area (Å²) in [6.45, 7) is 0. The third kappa shape index (κ3) is 1.64. The number of furan rings is 1. The monoisotopic (exact) mass is 239 g/mol. The quantitative estimate of drug-likeness (QED) is 0.745. The van der Waals surface area contributed by atoms with Crippen LogP contribution in [-0.2, 0) is 0 Å². The molecule has 0 fully saturated rings. The number of carbonyl (C=O) groups is 1. The third-order valence-corrected chi connectivity index (χ3v) is 2.74. The van der Waals surface area contributed by atoms with E-state index in [1.165, 1.54) is 6.20 Å². The largest absolute Gasteiger partial charge is 0.478 e. The van der Waals surface area contributed by atoms with Crippen molar-refractivity contribution in [2.24, 2.45) is 0 Å². The molecule has 3 rings (SSSR count). The summed E-state index contributed by atoms with van der Waals surface area (Å²) in [7, 11) is 0. The normalized spacial score (nSPS) is 10.7. The van der Waals surface area contributed by atoms with Crippen molar-refractivity contribution in [2.75, 3.05) is 0 Å². The zero-order chi connectivity index (χ0) is 12.5. The smallest absolute Gasteiger partial charge is 0.338 e. The number of rotatable bonds is 2. The van der Waals surface area contributed by atoms with Crippen LogP contribution in [0.25, 0.3) is 22.3 Å². The zero-order valence-electron chi connectivity index (χ0n) is 9.33. The molecule has 1 N–H and O–H groups in total. The van der Waals surface area contributed by atoms with Gasteiger partial charge in [0.15, 0.2) is 0 Å². The van der Waals surface area contributed by atoms with Crippen LogP contribution in [0.1, 0.15) is 10.4 Å². The van der Waals surface area contributed by atoms with E-state index in [0.29, 0.717) is 11.3 Å². The summed E-state index contributed by atoms with van der Waals surface area (Å²) in [5.74, 6) is -0.477. The van der Waals surface area contributed by atoms with Crippen LogP contribution in [0.5, 0.6) is 0 Å². The summed E-state index contributed by atoms with van der Waals surface area (Å²) < 4.78 is 5.65. The zero-order valence-corrected chi connectivity index (χ0v) is 9.33. The second-order valence-electron chi connectivity index (χ2n) is 3.87. The average molecular weight is 239 g/mol. The molecule has 0 atom stereocenters. The maximum Gasteiger partial charge on any atom is 0.338 e. The van der Waals surface area contributed by atoms with Crippen molar-refractivity contribution in [3.63, 3.8) is 0 Å². The predicted molar refractivity (Wildman–Crippen MR) is 66.4 cm³/mol. The van der Waals surface area contributed by atoms with E-state index in [9.17, 15) is 4.79 Å². The van der Waals surface area contributed by atoms with Crippen molar-refractivity contribution in [2.45, 2.75) is 0 Å². The van der Waals surface area contributed by atoms with E-state index in [2.05, 4.69) is 4.98 Å². The summed E-state index contributed by atoms with van der Waals surface area (Å²) in [4.78, 5) is 15.0. The lowest BCUT2D eigenvalue weighted by atomic mass is 10.1. The molecule has 0 aliphatic carbocycles. The minimum atomic E-state index is -1.02. The number of nitrogens with zero attached hydrogens (tertiary/aromatic N) is 1. The van der Waals surface area contributed by atoms with E-state index in [-0.39, 0.29) is 5.56 Å². The van der Waals surface area contributed by atoms with Crippen molar-refractivity contribution >= 4 is 16.9 Å². The van der Waals surface area contributed by atoms with Gasteiger partial charge >= 0.3 is 5.97 Å². The Kier molecular flexibility index (Phi) is 2.34. The molecule has 4 heteroatoms. The highest BCUT2D eigenvalue weighted by Gasteiger charge is 2.14. The first-order valence-corrected chi connectivity index (χ1v) is 5.42. The van der Waals surface area contributed by atoms with Gasteiger partial charge in [-0.3, -0.25) is 4.98 Å². The van der Waals surface area contributed by atoms with Crippen LogP contribution in [0.15, 0.2) is 53.2 Å². The van der Waals surface area contributed by atoms with Crippen molar-refractivity contribution in [1.82, 2.24) is 4.98 Å². The lowest BCUT2D eigenvalue weighted by Crippen LogP contribution is -1.99. The van der Waals surface area contributed by atoms with E-state index in [0.717, 1.165) is 11.0 Å². The van der Waals surface area contributed by atoms with Gasteiger partial charge in [-0.15, -0.1) is 0 Å². The summed E-state index contributed by atoms with van der Waals surface area (Å²) in [5.41, 5.74) is 1.41. The Balaban J connectivity index is 2.23. The van der Waals surface area contributed by atoms with Crippen LogP contribution >= 0.6 is 0 Å². The molecule has 18 heavy (non-hydrogen) atoms. The van der Waals surface area contributed by atoms with Gasteiger partial charge in [-0.2, -0.15) is 0 Å². The van der Waals surface area contributed by atoms with Crippen LogP contribution < -0.4 is 0 Å². The van der Waals surface area contributed by atoms with Crippen LogP contribution in [0, 0.1) is 0 Å². The summed E-state index contributed by atoms with van der Waals surface area (Å²) in [5, 5.41) is 10.1. The fraction of sp³-hybridized carbons (Fsp3) is 0. The Labute approximate surface area is 103 Å². The van der Waals surface area contributed by atoms with Crippen molar-refractivity contribution in [3.05, 3.63) is 54.4 Å². The Morgan fingerprint density at radius 2 is 2.06 bits per heavy atom. The number of hydrogen-bond acceptors (Lipinski definition) is 3. The van der Waals surface area contributed by atoms with Gasteiger partial charge in [-0.05, 0) is 18.2 Å². The molecule has 0 saturated heterocycles. The first kappa shape index (κ1) is 10.5. The van der Waals surface area contributed by atoms with Crippen LogP contribution in [0.3, 0.4) is 0 Å². The second kappa shape index (κ2) is 4.00. The molecule has 3 aromatic rings. The highest BCUT2D eigenvalue weighted by molar-refractivity contribution is 5.96. The molecule has 0 spiro atoms. The molecule has 88 valence electrons. The standard InChI is InChI=1S/C14H9NO3/c16-14(17)11-8-15-6-5-10(11)13-7-9-3-1-2-4-12(9)18-13/h1-8H,(H,16,17). The number of hydrogen-bond donors (Lipinski definition) is 1. The van der Waals surface area contributed by atoms with Crippen LogP contribution in [0.4, 0.5) is 0 Å². The number of aromatic nitrogens is 1. The number of carboxylic acids is 1. The van der Waals surface area contributed by atoms with Crippen molar-refractivity contribution in [1.29, 1.82) is 0 Å². The Hall–Kier alpha value is -2.62. The van der Waals surface area contributed by atoms with Gasteiger partial charge in [0.1, 0.15) is 11.3 Å². The summed E-state index contributed by atoms with van der Waals surface area (Å²) in [6.07, 6.45) is 2.87. The number of carboxylic acid groups (broad SMARTS) is 1. The molecule has 1 aromatic carbocycles. The Morgan fingerprint density at radius 3 is 2.83 bits per heavy atom. The SMILES string of the molecule is O=C(O)c1cnccc1-c1cc2ccccc2o1. The molecular weight excluding hydrogens is 230 g/mol. The Bertz CT molecular complexity index is 697. The number of benzene rings is 1. The molecule has 0 aliphatic rings. The number of fused-ring (bicyclic) bond motifs is 1. The molecule has 0 bridgehead atoms. The molecule has 4 nitrogen and oxygen atoms in total. The van der Waals surface area contributed by atoms with E-state index in [4.69, 9.17) is 9.52 Å². The van der Waals surface area contributed by atoms with Crippen molar-refractivity contribution < 1.29 is 14.3 Å². The highest BCUT2D eigenvalue weighted by Crippen LogP contribution is 2.29. The van der Waals surface area contributed by atoms with E-state index in [1.807, 2.05) is 30.3 Å². The first-order valence-electron chi connectivity index (χ1n) is 5.42. The fourth-order valence-corrected chi connectivity index (χ4v) is 1.89. The van der Waals surface area contributed by atoms with Gasteiger partial charge in [0.05, 0.1) is 5.56 Å². The lowest BCUT2D eigenvalue weighted by Gasteiger charge is -2.00. The number of aromatic carboxylic acids is 1. The van der Waals surface area contributed by atoms with Crippen molar-refractivity contribution in [3.8, 4) is 11.3 Å². The van der Waals surface area contributed by atoms with E-state index in [1.54, 1.807) is 12.3 Å². The maximum atomic E-state index is 11.1. The van der Waals surface area contributed by atoms with Gasteiger partial charge in [0.25, 0.3) is 0 Å². The molecule has 0 unspecified atom stereocenters. The molecule has 0 radical (unpaired) electrons. The summed E-state index contributed by atoms with van der Waals surface area (Å²) >= 11 is 0. The highest BCUT2D eigenvalue weighted by atomic mass is 16.4. The van der Waals surface area contributed by atoms with Gasteiger partial charge in [-0.25, -0.2) is 4.79 Å². The van der Waals surface area contributed by atoms with E-state index < -0.39 is 5.97 Å². The number of para-hydroxylation sites is 1. The minimum absolute atomic E-state index is 0.136.